The molecule has 0 radical (unpaired) electrons. The van der Waals surface area contributed by atoms with Crippen LogP contribution in [0.2, 0.25) is 0 Å². The minimum Gasteiger partial charge on any atom is -0.493 e. The van der Waals surface area contributed by atoms with Crippen LogP contribution in [0.4, 0.5) is 0 Å². The Morgan fingerprint density at radius 3 is 2.46 bits per heavy atom. The third-order valence-corrected chi connectivity index (χ3v) is 3.53. The molecule has 1 rings (SSSR count). The second kappa shape index (κ2) is 12.5. The highest BCUT2D eigenvalue weighted by molar-refractivity contribution is 5.79. The molecule has 0 aliphatic heterocycles. The number of hydrogen-bond donors (Lipinski definition) is 2. The zero-order valence-corrected chi connectivity index (χ0v) is 15.4. The molecule has 0 spiro atoms. The fraction of sp³-hybridized carbons (Fsp3) is 0.611. The Labute approximate surface area is 145 Å². The van der Waals surface area contributed by atoms with Crippen LogP contribution < -0.4 is 20.1 Å². The molecule has 6 heteroatoms. The summed E-state index contributed by atoms with van der Waals surface area (Å²) in [7, 11) is 5.04. The van der Waals surface area contributed by atoms with Crippen molar-refractivity contribution < 1.29 is 14.2 Å². The highest BCUT2D eigenvalue weighted by atomic mass is 16.5. The summed E-state index contributed by atoms with van der Waals surface area (Å²) in [6, 6.07) is 5.86. The topological polar surface area (TPSA) is 64.1 Å². The van der Waals surface area contributed by atoms with Crippen LogP contribution in [0.25, 0.3) is 0 Å². The maximum absolute atomic E-state index is 5.54. The van der Waals surface area contributed by atoms with Crippen LogP contribution in [0.1, 0.15) is 31.7 Å². The molecule has 0 saturated heterocycles. The molecule has 6 nitrogen and oxygen atoms in total. The molecule has 0 bridgehead atoms. The Bertz CT molecular complexity index is 492. The van der Waals surface area contributed by atoms with Gasteiger partial charge in [0.2, 0.25) is 0 Å². The highest BCUT2D eigenvalue weighted by Crippen LogP contribution is 2.27. The molecule has 0 heterocycles. The molecule has 2 N–H and O–H groups in total. The van der Waals surface area contributed by atoms with E-state index in [1.807, 2.05) is 18.2 Å². The maximum Gasteiger partial charge on any atom is 0.191 e. The third-order valence-electron chi connectivity index (χ3n) is 3.53. The summed E-state index contributed by atoms with van der Waals surface area (Å²) in [5, 5.41) is 6.57. The normalized spacial score (nSPS) is 11.2. The van der Waals surface area contributed by atoms with Gasteiger partial charge in [0.1, 0.15) is 0 Å². The van der Waals surface area contributed by atoms with Gasteiger partial charge in [0, 0.05) is 33.4 Å². The van der Waals surface area contributed by atoms with Crippen molar-refractivity contribution in [1.82, 2.24) is 10.6 Å². The summed E-state index contributed by atoms with van der Waals surface area (Å²) in [4.78, 5) is 4.22. The Kier molecular flexibility index (Phi) is 10.4. The molecule has 24 heavy (non-hydrogen) atoms. The quantitative estimate of drug-likeness (QED) is 0.369. The Morgan fingerprint density at radius 1 is 1.04 bits per heavy atom. The smallest absolute Gasteiger partial charge is 0.191 e. The molecule has 1 aromatic rings. The fourth-order valence-electron chi connectivity index (χ4n) is 2.13. The highest BCUT2D eigenvalue weighted by Gasteiger charge is 2.05. The van der Waals surface area contributed by atoms with Crippen LogP contribution in [0, 0.1) is 0 Å². The molecular formula is C18H31N3O3. The van der Waals surface area contributed by atoms with E-state index in [0.29, 0.717) is 6.54 Å². The number of guanidine groups is 1. The van der Waals surface area contributed by atoms with E-state index < -0.39 is 0 Å². The minimum atomic E-state index is 0.660. The zero-order valence-electron chi connectivity index (χ0n) is 15.4. The van der Waals surface area contributed by atoms with E-state index in [1.165, 1.54) is 6.42 Å². The summed E-state index contributed by atoms with van der Waals surface area (Å²) < 4.78 is 16.1. The van der Waals surface area contributed by atoms with Gasteiger partial charge >= 0.3 is 0 Å². The molecule has 1 aromatic carbocycles. The van der Waals surface area contributed by atoms with Crippen molar-refractivity contribution in [3.8, 4) is 11.5 Å². The number of unbranched alkanes of at least 4 members (excludes halogenated alkanes) is 1. The number of benzene rings is 1. The van der Waals surface area contributed by atoms with Crippen molar-refractivity contribution >= 4 is 5.96 Å². The first-order valence-electron chi connectivity index (χ1n) is 8.48. The maximum atomic E-state index is 5.54. The van der Waals surface area contributed by atoms with E-state index in [1.54, 1.807) is 21.3 Å². The van der Waals surface area contributed by atoms with Crippen LogP contribution in [-0.4, -0.2) is 47.0 Å². The first-order chi connectivity index (χ1) is 11.7. The molecule has 136 valence electrons. The lowest BCUT2D eigenvalue weighted by Crippen LogP contribution is -2.37. The third kappa shape index (κ3) is 7.55. The van der Waals surface area contributed by atoms with Crippen molar-refractivity contribution in [2.75, 3.05) is 41.0 Å². The molecule has 0 aliphatic rings. The minimum absolute atomic E-state index is 0.660. The Balaban J connectivity index is 2.31. The average Bonchev–Trinajstić information content (AvgIpc) is 2.63. The van der Waals surface area contributed by atoms with Gasteiger partial charge in [-0.05, 0) is 30.5 Å². The van der Waals surface area contributed by atoms with E-state index in [0.717, 1.165) is 55.6 Å². The number of methoxy groups -OCH3 is 2. The average molecular weight is 337 g/mol. The predicted octanol–water partition coefficient (Wildman–Crippen LogP) is 2.58. The Morgan fingerprint density at radius 2 is 1.79 bits per heavy atom. The van der Waals surface area contributed by atoms with Crippen molar-refractivity contribution in [2.45, 2.75) is 32.7 Å². The lowest BCUT2D eigenvalue weighted by molar-refractivity contribution is 0.129. The van der Waals surface area contributed by atoms with Gasteiger partial charge in [-0.2, -0.15) is 0 Å². The number of rotatable bonds is 11. The molecule has 0 saturated carbocycles. The second-order valence-corrected chi connectivity index (χ2v) is 5.36. The van der Waals surface area contributed by atoms with Crippen molar-refractivity contribution in [3.05, 3.63) is 23.8 Å². The van der Waals surface area contributed by atoms with Crippen LogP contribution in [0.5, 0.6) is 11.5 Å². The molecule has 0 unspecified atom stereocenters. The van der Waals surface area contributed by atoms with Gasteiger partial charge in [-0.25, -0.2) is 0 Å². The molecule has 0 atom stereocenters. The Hall–Kier alpha value is -1.95. The van der Waals surface area contributed by atoms with Crippen LogP contribution >= 0.6 is 0 Å². The second-order valence-electron chi connectivity index (χ2n) is 5.36. The fourth-order valence-corrected chi connectivity index (χ4v) is 2.13. The lowest BCUT2D eigenvalue weighted by Gasteiger charge is -2.13. The van der Waals surface area contributed by atoms with Gasteiger partial charge in [0.05, 0.1) is 14.2 Å². The number of nitrogens with one attached hydrogen (secondary N) is 2. The summed E-state index contributed by atoms with van der Waals surface area (Å²) >= 11 is 0. The number of aliphatic imine (C=N–C) groups is 1. The number of hydrogen-bond acceptors (Lipinski definition) is 4. The van der Waals surface area contributed by atoms with E-state index >= 15 is 0 Å². The van der Waals surface area contributed by atoms with Crippen LogP contribution in [0.15, 0.2) is 23.2 Å². The molecule has 0 amide bonds. The van der Waals surface area contributed by atoms with Gasteiger partial charge in [0.25, 0.3) is 0 Å². The lowest BCUT2D eigenvalue weighted by atomic mass is 10.2. The van der Waals surface area contributed by atoms with E-state index in [2.05, 4.69) is 22.5 Å². The van der Waals surface area contributed by atoms with Gasteiger partial charge in [-0.15, -0.1) is 0 Å². The number of nitrogens with zero attached hydrogens (tertiary/aromatic N) is 1. The summed E-state index contributed by atoms with van der Waals surface area (Å²) in [5.74, 6) is 2.23. The molecule has 0 fully saturated rings. The number of ether oxygens (including phenoxy) is 3. The summed E-state index contributed by atoms with van der Waals surface area (Å²) in [6.07, 6.45) is 3.26. The van der Waals surface area contributed by atoms with Gasteiger partial charge in [-0.1, -0.05) is 19.4 Å². The van der Waals surface area contributed by atoms with Gasteiger partial charge in [0.15, 0.2) is 17.5 Å². The largest absolute Gasteiger partial charge is 0.493 e. The summed E-state index contributed by atoms with van der Waals surface area (Å²) in [6.45, 7) is 5.28. The van der Waals surface area contributed by atoms with Crippen molar-refractivity contribution in [2.24, 2.45) is 4.99 Å². The van der Waals surface area contributed by atoms with E-state index in [-0.39, 0.29) is 0 Å². The first-order valence-corrected chi connectivity index (χ1v) is 8.48. The van der Waals surface area contributed by atoms with Crippen molar-refractivity contribution in [1.29, 1.82) is 0 Å². The van der Waals surface area contributed by atoms with Gasteiger partial charge < -0.3 is 24.8 Å². The van der Waals surface area contributed by atoms with Gasteiger partial charge in [-0.3, -0.25) is 4.99 Å². The molecule has 0 aromatic heterocycles. The summed E-state index contributed by atoms with van der Waals surface area (Å²) in [5.41, 5.74) is 1.10. The predicted molar refractivity (Wildman–Crippen MR) is 98.1 cm³/mol. The molecule has 0 aliphatic carbocycles. The van der Waals surface area contributed by atoms with Crippen LogP contribution in [0.3, 0.4) is 0 Å². The standard InChI is InChI=1S/C18H31N3O3/c1-5-6-11-24-12-7-10-20-18(19-2)21-14-15-8-9-16(22-3)17(13-15)23-4/h8-9,13H,5-7,10-12,14H2,1-4H3,(H2,19,20,21). The SMILES string of the molecule is CCCCOCCCNC(=NC)NCc1ccc(OC)c(OC)c1. The van der Waals surface area contributed by atoms with Crippen molar-refractivity contribution in [3.63, 3.8) is 0 Å². The van der Waals surface area contributed by atoms with Crippen LogP contribution in [-0.2, 0) is 11.3 Å². The van der Waals surface area contributed by atoms with E-state index in [9.17, 15) is 0 Å². The monoisotopic (exact) mass is 337 g/mol. The molecular weight excluding hydrogens is 306 g/mol. The first kappa shape index (κ1) is 20.1. The zero-order chi connectivity index (χ0) is 17.6. The van der Waals surface area contributed by atoms with E-state index in [4.69, 9.17) is 14.2 Å².